The van der Waals surface area contributed by atoms with E-state index in [1.807, 2.05) is 26.0 Å². The number of hydrogen-bond acceptors (Lipinski definition) is 7. The van der Waals surface area contributed by atoms with Crippen molar-refractivity contribution >= 4 is 11.7 Å². The highest BCUT2D eigenvalue weighted by molar-refractivity contribution is 6.00. The number of aryl methyl sites for hydroxylation is 1. The zero-order chi connectivity index (χ0) is 19.2. The van der Waals surface area contributed by atoms with Crippen molar-refractivity contribution in [2.75, 3.05) is 12.3 Å². The Morgan fingerprint density at radius 2 is 2.15 bits per heavy atom. The van der Waals surface area contributed by atoms with Crippen LogP contribution in [0.15, 0.2) is 41.1 Å². The van der Waals surface area contributed by atoms with Gasteiger partial charge in [0.25, 0.3) is 5.91 Å². The number of hydrogen-bond donors (Lipinski definition) is 2. The second-order valence-corrected chi connectivity index (χ2v) is 5.89. The lowest BCUT2D eigenvalue weighted by Gasteiger charge is -2.13. The number of ether oxygens (including phenoxy) is 1. The molecule has 0 saturated carbocycles. The Balaban J connectivity index is 1.88. The molecule has 0 spiro atoms. The second-order valence-electron chi connectivity index (χ2n) is 5.89. The minimum atomic E-state index is -0.422. The van der Waals surface area contributed by atoms with Gasteiger partial charge in [-0.25, -0.2) is 4.98 Å². The molecule has 0 radical (unpaired) electrons. The van der Waals surface area contributed by atoms with Crippen molar-refractivity contribution in [3.05, 3.63) is 53.5 Å². The quantitative estimate of drug-likeness (QED) is 0.659. The van der Waals surface area contributed by atoms with Crippen molar-refractivity contribution in [2.24, 2.45) is 0 Å². The molecule has 3 N–H and O–H groups in total. The summed E-state index contributed by atoms with van der Waals surface area (Å²) in [6, 6.07) is 7.20. The highest BCUT2D eigenvalue weighted by Crippen LogP contribution is 2.26. The van der Waals surface area contributed by atoms with Gasteiger partial charge in [-0.3, -0.25) is 9.78 Å². The number of pyridine rings is 1. The van der Waals surface area contributed by atoms with Crippen molar-refractivity contribution in [1.29, 1.82) is 0 Å². The number of nitrogens with zero attached hydrogens (tertiary/aromatic N) is 3. The van der Waals surface area contributed by atoms with E-state index in [0.717, 1.165) is 17.7 Å². The third kappa shape index (κ3) is 4.22. The van der Waals surface area contributed by atoms with Crippen LogP contribution in [0.25, 0.3) is 11.6 Å². The fourth-order valence-corrected chi connectivity index (χ4v) is 2.45. The maximum absolute atomic E-state index is 12.7. The van der Waals surface area contributed by atoms with E-state index in [1.54, 1.807) is 18.3 Å². The number of nitrogen functional groups attached to an aromatic ring is 1. The van der Waals surface area contributed by atoms with E-state index in [0.29, 0.717) is 12.4 Å². The molecular formula is C19H21N5O3. The Hall–Kier alpha value is -3.42. The molecule has 0 aliphatic carbocycles. The smallest absolute Gasteiger partial charge is 0.260 e. The molecular weight excluding hydrogens is 346 g/mol. The van der Waals surface area contributed by atoms with E-state index in [1.165, 1.54) is 6.26 Å². The van der Waals surface area contributed by atoms with Gasteiger partial charge >= 0.3 is 0 Å². The summed E-state index contributed by atoms with van der Waals surface area (Å²) in [5, 5.41) is 2.80. The molecule has 3 heterocycles. The largest absolute Gasteiger partial charge is 0.477 e. The van der Waals surface area contributed by atoms with E-state index < -0.39 is 5.91 Å². The number of carbonyl (C=O) groups excluding carboxylic acids is 1. The molecule has 3 aromatic rings. The van der Waals surface area contributed by atoms with E-state index >= 15 is 0 Å². The first-order valence-corrected chi connectivity index (χ1v) is 8.63. The molecule has 140 valence electrons. The molecule has 3 rings (SSSR count). The van der Waals surface area contributed by atoms with E-state index in [2.05, 4.69) is 20.3 Å². The van der Waals surface area contributed by atoms with Crippen LogP contribution in [0.5, 0.6) is 5.88 Å². The van der Waals surface area contributed by atoms with Crippen LogP contribution in [0.4, 0.5) is 5.82 Å². The molecule has 0 bridgehead atoms. The van der Waals surface area contributed by atoms with Crippen LogP contribution in [0, 0.1) is 6.92 Å². The first-order valence-electron chi connectivity index (χ1n) is 8.63. The summed E-state index contributed by atoms with van der Waals surface area (Å²) in [5.74, 6) is 0.443. The maximum atomic E-state index is 12.7. The Morgan fingerprint density at radius 1 is 1.30 bits per heavy atom. The minimum Gasteiger partial charge on any atom is -0.477 e. The number of anilines is 1. The lowest BCUT2D eigenvalue weighted by Crippen LogP contribution is -2.26. The van der Waals surface area contributed by atoms with Gasteiger partial charge in [-0.2, -0.15) is 4.98 Å². The Bertz CT molecular complexity index is 925. The van der Waals surface area contributed by atoms with Crippen LogP contribution in [-0.2, 0) is 6.54 Å². The first-order chi connectivity index (χ1) is 13.1. The molecule has 3 aromatic heterocycles. The molecule has 0 aliphatic heterocycles. The Kier molecular flexibility index (Phi) is 5.65. The standard InChI is InChI=1S/C19H21N5O3/c1-3-9-27-19-15(16(20)23-17(24-19)14-7-5-10-26-14)18(25)22-11-13-12(2)6-4-8-21-13/h4-8,10H,3,9,11H2,1-2H3,(H,22,25)(H2,20,23,24). The van der Waals surface area contributed by atoms with E-state index in [4.69, 9.17) is 14.9 Å². The molecule has 8 nitrogen and oxygen atoms in total. The Labute approximate surface area is 156 Å². The zero-order valence-electron chi connectivity index (χ0n) is 15.2. The molecule has 0 aliphatic rings. The van der Waals surface area contributed by atoms with Crippen molar-refractivity contribution in [3.63, 3.8) is 0 Å². The van der Waals surface area contributed by atoms with Gasteiger partial charge in [-0.15, -0.1) is 0 Å². The lowest BCUT2D eigenvalue weighted by atomic mass is 10.2. The summed E-state index contributed by atoms with van der Waals surface area (Å²) in [7, 11) is 0. The summed E-state index contributed by atoms with van der Waals surface area (Å²) in [5.41, 5.74) is 7.91. The fraction of sp³-hybridized carbons (Fsp3) is 0.263. The summed E-state index contributed by atoms with van der Waals surface area (Å²) >= 11 is 0. The highest BCUT2D eigenvalue weighted by Gasteiger charge is 2.22. The molecule has 1 amide bonds. The highest BCUT2D eigenvalue weighted by atomic mass is 16.5. The van der Waals surface area contributed by atoms with Gasteiger partial charge in [-0.1, -0.05) is 13.0 Å². The topological polar surface area (TPSA) is 116 Å². The molecule has 0 aromatic carbocycles. The van der Waals surface area contributed by atoms with Crippen LogP contribution in [0.2, 0.25) is 0 Å². The van der Waals surface area contributed by atoms with Crippen LogP contribution in [0.1, 0.15) is 35.0 Å². The van der Waals surface area contributed by atoms with Gasteiger partial charge in [0.15, 0.2) is 5.76 Å². The molecule has 0 fully saturated rings. The fourth-order valence-electron chi connectivity index (χ4n) is 2.45. The van der Waals surface area contributed by atoms with Gasteiger partial charge in [0, 0.05) is 6.20 Å². The van der Waals surface area contributed by atoms with Gasteiger partial charge in [0.1, 0.15) is 11.4 Å². The second kappa shape index (κ2) is 8.31. The molecule has 8 heteroatoms. The number of rotatable bonds is 7. The van der Waals surface area contributed by atoms with Crippen LogP contribution in [-0.4, -0.2) is 27.5 Å². The predicted molar refractivity (Wildman–Crippen MR) is 100 cm³/mol. The zero-order valence-corrected chi connectivity index (χ0v) is 15.2. The first kappa shape index (κ1) is 18.4. The van der Waals surface area contributed by atoms with Gasteiger partial charge in [-0.05, 0) is 37.1 Å². The molecule has 0 atom stereocenters. The third-order valence-electron chi connectivity index (χ3n) is 3.85. The van der Waals surface area contributed by atoms with E-state index in [-0.39, 0.29) is 29.6 Å². The summed E-state index contributed by atoms with van der Waals surface area (Å²) < 4.78 is 11.0. The van der Waals surface area contributed by atoms with Crippen LogP contribution in [0.3, 0.4) is 0 Å². The van der Waals surface area contributed by atoms with Crippen molar-refractivity contribution in [1.82, 2.24) is 20.3 Å². The van der Waals surface area contributed by atoms with Crippen LogP contribution >= 0.6 is 0 Å². The Morgan fingerprint density at radius 3 is 2.85 bits per heavy atom. The lowest BCUT2D eigenvalue weighted by molar-refractivity contribution is 0.0946. The van der Waals surface area contributed by atoms with Crippen molar-refractivity contribution < 1.29 is 13.9 Å². The number of nitrogens with two attached hydrogens (primary N) is 1. The third-order valence-corrected chi connectivity index (χ3v) is 3.85. The normalized spacial score (nSPS) is 10.6. The molecule has 27 heavy (non-hydrogen) atoms. The SMILES string of the molecule is CCCOc1nc(-c2ccco2)nc(N)c1C(=O)NCc1ncccc1C. The maximum Gasteiger partial charge on any atom is 0.260 e. The van der Waals surface area contributed by atoms with Gasteiger partial charge < -0.3 is 20.2 Å². The number of carbonyl (C=O) groups is 1. The average Bonchev–Trinajstić information content (AvgIpc) is 3.20. The minimum absolute atomic E-state index is 0.0257. The predicted octanol–water partition coefficient (Wildman–Crippen LogP) is 2.74. The number of amides is 1. The molecule has 0 unspecified atom stereocenters. The number of nitrogens with one attached hydrogen (secondary N) is 1. The van der Waals surface area contributed by atoms with Gasteiger partial charge in [0.2, 0.25) is 11.7 Å². The average molecular weight is 367 g/mol. The monoisotopic (exact) mass is 367 g/mol. The van der Waals surface area contributed by atoms with Crippen LogP contribution < -0.4 is 15.8 Å². The summed E-state index contributed by atoms with van der Waals surface area (Å²) in [6.45, 7) is 4.55. The van der Waals surface area contributed by atoms with Gasteiger partial charge in [0.05, 0.1) is 25.1 Å². The van der Waals surface area contributed by atoms with Crippen molar-refractivity contribution in [2.45, 2.75) is 26.8 Å². The number of furan rings is 1. The summed E-state index contributed by atoms with van der Waals surface area (Å²) in [4.78, 5) is 25.5. The number of aromatic nitrogens is 3. The molecule has 0 saturated heterocycles. The van der Waals surface area contributed by atoms with E-state index in [9.17, 15) is 4.79 Å². The van der Waals surface area contributed by atoms with Crippen molar-refractivity contribution in [3.8, 4) is 17.5 Å². The summed E-state index contributed by atoms with van der Waals surface area (Å²) in [6.07, 6.45) is 3.95.